The van der Waals surface area contributed by atoms with Crippen molar-refractivity contribution in [2.24, 2.45) is 11.7 Å². The maximum atomic E-state index is 11.6. The Hall–Kier alpha value is -1.53. The van der Waals surface area contributed by atoms with Crippen molar-refractivity contribution in [3.05, 3.63) is 17.3 Å². The molecule has 0 amide bonds. The number of aromatic nitrogens is 2. The third-order valence-corrected chi connectivity index (χ3v) is 5.59. The van der Waals surface area contributed by atoms with Gasteiger partial charge in [0.15, 0.2) is 5.78 Å². The first-order chi connectivity index (χ1) is 10.7. The van der Waals surface area contributed by atoms with Crippen molar-refractivity contribution in [3.63, 3.8) is 0 Å². The summed E-state index contributed by atoms with van der Waals surface area (Å²) in [6, 6.07) is 1.88. The number of hydrogen-bond acceptors (Lipinski definition) is 6. The molecule has 1 aliphatic rings. The second-order valence-corrected chi connectivity index (χ2v) is 6.99. The van der Waals surface area contributed by atoms with Gasteiger partial charge in [0, 0.05) is 13.1 Å². The monoisotopic (exact) mass is 318 g/mol. The van der Waals surface area contributed by atoms with Gasteiger partial charge in [-0.25, -0.2) is 9.97 Å². The van der Waals surface area contributed by atoms with E-state index in [1.807, 2.05) is 6.07 Å². The molecule has 0 bridgehead atoms. The molecule has 1 saturated heterocycles. The Balaban J connectivity index is 1.78. The molecule has 118 valence electrons. The van der Waals surface area contributed by atoms with Gasteiger partial charge in [-0.15, -0.1) is 11.3 Å². The summed E-state index contributed by atoms with van der Waals surface area (Å²) in [4.78, 5) is 23.5. The van der Waals surface area contributed by atoms with Crippen molar-refractivity contribution >= 4 is 33.2 Å². The number of piperidine rings is 1. The molecule has 0 saturated carbocycles. The lowest BCUT2D eigenvalue weighted by Crippen LogP contribution is -2.34. The van der Waals surface area contributed by atoms with Gasteiger partial charge in [0.1, 0.15) is 12.1 Å². The largest absolute Gasteiger partial charge is 0.355 e. The Kier molecular flexibility index (Phi) is 4.69. The lowest BCUT2D eigenvalue weighted by Gasteiger charge is -2.32. The van der Waals surface area contributed by atoms with Crippen LogP contribution < -0.4 is 10.6 Å². The van der Waals surface area contributed by atoms with Crippen LogP contribution in [0.15, 0.2) is 12.4 Å². The first kappa shape index (κ1) is 15.4. The molecule has 5 nitrogen and oxygen atoms in total. The molecule has 1 aliphatic heterocycles. The fraction of sp³-hybridized carbons (Fsp3) is 0.562. The van der Waals surface area contributed by atoms with Crippen molar-refractivity contribution < 1.29 is 4.79 Å². The van der Waals surface area contributed by atoms with Crippen LogP contribution in [-0.4, -0.2) is 35.4 Å². The zero-order chi connectivity index (χ0) is 15.5. The predicted octanol–water partition coefficient (Wildman–Crippen LogP) is 2.85. The molecule has 6 heteroatoms. The summed E-state index contributed by atoms with van der Waals surface area (Å²) >= 11 is 1.51. The topological polar surface area (TPSA) is 72.1 Å². The molecule has 3 heterocycles. The van der Waals surface area contributed by atoms with Gasteiger partial charge in [0.25, 0.3) is 0 Å². The molecular weight excluding hydrogens is 296 g/mol. The van der Waals surface area contributed by atoms with Gasteiger partial charge in [-0.1, -0.05) is 0 Å². The third kappa shape index (κ3) is 3.13. The Morgan fingerprint density at radius 3 is 2.86 bits per heavy atom. The number of nitrogens with zero attached hydrogens (tertiary/aromatic N) is 3. The van der Waals surface area contributed by atoms with E-state index in [4.69, 9.17) is 5.73 Å². The third-order valence-electron chi connectivity index (χ3n) is 4.37. The van der Waals surface area contributed by atoms with E-state index in [2.05, 4.69) is 14.9 Å². The van der Waals surface area contributed by atoms with E-state index in [-0.39, 0.29) is 5.78 Å². The van der Waals surface area contributed by atoms with Crippen LogP contribution in [0.3, 0.4) is 0 Å². The summed E-state index contributed by atoms with van der Waals surface area (Å²) < 4.78 is 1.04. The number of rotatable bonds is 5. The second kappa shape index (κ2) is 6.71. The highest BCUT2D eigenvalue weighted by Crippen LogP contribution is 2.33. The van der Waals surface area contributed by atoms with E-state index in [1.165, 1.54) is 30.6 Å². The number of carbonyl (C=O) groups excluding carboxylic acids is 1. The van der Waals surface area contributed by atoms with Crippen LogP contribution >= 0.6 is 11.3 Å². The SMILES string of the molecule is CC(=O)c1cc2ncnc(N3CCC(CCCN)CC3)c2s1. The number of thiophene rings is 1. The summed E-state index contributed by atoms with van der Waals surface area (Å²) in [5.41, 5.74) is 6.48. The molecule has 0 aliphatic carbocycles. The van der Waals surface area contributed by atoms with Gasteiger partial charge < -0.3 is 10.6 Å². The average molecular weight is 318 g/mol. The minimum atomic E-state index is 0.0921. The van der Waals surface area contributed by atoms with Crippen LogP contribution in [0.5, 0.6) is 0 Å². The van der Waals surface area contributed by atoms with Gasteiger partial charge in [-0.05, 0) is 51.1 Å². The Bertz CT molecular complexity index is 661. The number of anilines is 1. The van der Waals surface area contributed by atoms with Crippen molar-refractivity contribution in [2.45, 2.75) is 32.6 Å². The van der Waals surface area contributed by atoms with Crippen molar-refractivity contribution in [1.29, 1.82) is 0 Å². The van der Waals surface area contributed by atoms with Crippen LogP contribution in [0.1, 0.15) is 42.3 Å². The van der Waals surface area contributed by atoms with E-state index < -0.39 is 0 Å². The van der Waals surface area contributed by atoms with Crippen LogP contribution in [0.4, 0.5) is 5.82 Å². The number of carbonyl (C=O) groups is 1. The minimum Gasteiger partial charge on any atom is -0.355 e. The van der Waals surface area contributed by atoms with E-state index >= 15 is 0 Å². The number of fused-ring (bicyclic) bond motifs is 1. The number of nitrogens with two attached hydrogens (primary N) is 1. The van der Waals surface area contributed by atoms with E-state index in [0.29, 0.717) is 0 Å². The minimum absolute atomic E-state index is 0.0921. The van der Waals surface area contributed by atoms with Crippen LogP contribution in [0.25, 0.3) is 10.2 Å². The number of hydrogen-bond donors (Lipinski definition) is 1. The zero-order valence-corrected chi connectivity index (χ0v) is 13.7. The van der Waals surface area contributed by atoms with Crippen LogP contribution in [-0.2, 0) is 0 Å². The molecule has 3 rings (SSSR count). The maximum Gasteiger partial charge on any atom is 0.169 e. The lowest BCUT2D eigenvalue weighted by molar-refractivity contribution is 0.102. The first-order valence-corrected chi connectivity index (χ1v) is 8.71. The van der Waals surface area contributed by atoms with Gasteiger partial charge in [0.05, 0.1) is 15.1 Å². The van der Waals surface area contributed by atoms with E-state index in [0.717, 1.165) is 52.9 Å². The van der Waals surface area contributed by atoms with Gasteiger partial charge in [-0.3, -0.25) is 4.79 Å². The number of ketones is 1. The Labute approximate surface area is 134 Å². The molecule has 0 aromatic carbocycles. The maximum absolute atomic E-state index is 11.6. The smallest absolute Gasteiger partial charge is 0.169 e. The van der Waals surface area contributed by atoms with Crippen LogP contribution in [0.2, 0.25) is 0 Å². The van der Waals surface area contributed by atoms with E-state index in [9.17, 15) is 4.79 Å². The molecule has 2 N–H and O–H groups in total. The fourth-order valence-corrected chi connectivity index (χ4v) is 4.10. The van der Waals surface area contributed by atoms with Gasteiger partial charge in [-0.2, -0.15) is 0 Å². The van der Waals surface area contributed by atoms with Gasteiger partial charge >= 0.3 is 0 Å². The number of Topliss-reactive ketones (excluding diaryl/α,β-unsaturated/α-hetero) is 1. The summed E-state index contributed by atoms with van der Waals surface area (Å²) in [6.45, 7) is 4.43. The summed E-state index contributed by atoms with van der Waals surface area (Å²) in [7, 11) is 0. The highest BCUT2D eigenvalue weighted by atomic mass is 32.1. The fourth-order valence-electron chi connectivity index (χ4n) is 3.08. The van der Waals surface area contributed by atoms with Gasteiger partial charge in [0.2, 0.25) is 0 Å². The molecule has 2 aromatic rings. The molecule has 22 heavy (non-hydrogen) atoms. The quantitative estimate of drug-likeness (QED) is 0.858. The van der Waals surface area contributed by atoms with Crippen LogP contribution in [0, 0.1) is 5.92 Å². The average Bonchev–Trinajstić information content (AvgIpc) is 2.98. The van der Waals surface area contributed by atoms with Crippen molar-refractivity contribution in [1.82, 2.24) is 9.97 Å². The highest BCUT2D eigenvalue weighted by Gasteiger charge is 2.22. The molecule has 0 unspecified atom stereocenters. The summed E-state index contributed by atoms with van der Waals surface area (Å²) in [5, 5.41) is 0. The highest BCUT2D eigenvalue weighted by molar-refractivity contribution is 7.21. The predicted molar refractivity (Wildman–Crippen MR) is 90.6 cm³/mol. The molecular formula is C16H22N4OS. The molecule has 0 radical (unpaired) electrons. The summed E-state index contributed by atoms with van der Waals surface area (Å²) in [6.07, 6.45) is 6.34. The normalized spacial score (nSPS) is 16.4. The molecule has 0 spiro atoms. The zero-order valence-electron chi connectivity index (χ0n) is 12.9. The Morgan fingerprint density at radius 1 is 1.41 bits per heavy atom. The molecule has 1 fully saturated rings. The molecule has 0 atom stereocenters. The van der Waals surface area contributed by atoms with Crippen molar-refractivity contribution in [3.8, 4) is 0 Å². The van der Waals surface area contributed by atoms with Crippen molar-refractivity contribution in [2.75, 3.05) is 24.5 Å². The first-order valence-electron chi connectivity index (χ1n) is 7.89. The summed E-state index contributed by atoms with van der Waals surface area (Å²) in [5.74, 6) is 1.86. The second-order valence-electron chi connectivity index (χ2n) is 5.94. The van der Waals surface area contributed by atoms with E-state index in [1.54, 1.807) is 13.3 Å². The Morgan fingerprint density at radius 2 is 2.18 bits per heavy atom. The molecule has 2 aromatic heterocycles. The standard InChI is InChI=1S/C16H22N4OS/c1-11(21)14-9-13-15(22-14)16(19-10-18-13)20-7-4-12(5-8-20)3-2-6-17/h9-10,12H,2-8,17H2,1H3. The lowest BCUT2D eigenvalue weighted by atomic mass is 9.92.